The third-order valence-electron chi connectivity index (χ3n) is 6.22. The molecule has 7 heteroatoms. The molecule has 0 radical (unpaired) electrons. The van der Waals surface area contributed by atoms with E-state index in [-0.39, 0.29) is 6.03 Å². The van der Waals surface area contributed by atoms with Crippen LogP contribution in [0.25, 0.3) is 0 Å². The summed E-state index contributed by atoms with van der Waals surface area (Å²) in [5, 5.41) is 11.0. The van der Waals surface area contributed by atoms with Crippen LogP contribution in [0, 0.1) is 11.5 Å². The van der Waals surface area contributed by atoms with Gasteiger partial charge in [-0.15, -0.1) is 5.26 Å². The first-order chi connectivity index (χ1) is 18.5. The first-order valence-corrected chi connectivity index (χ1v) is 13.9. The van der Waals surface area contributed by atoms with E-state index in [1.165, 1.54) is 24.8 Å². The first kappa shape index (κ1) is 27.4. The van der Waals surface area contributed by atoms with Gasteiger partial charge in [0, 0.05) is 26.9 Å². The standard InChI is InChI=1S/C15H13BrN2O.C9H10.C7H4BrNO/c16-12-5-7-13(8-6-12)17-15(19)18-10-9-11-3-1-2-4-14(11)18;1-2-5-9-7-3-6-8(9)4-1;8-6-1-3-7(4-2-6)10-5-9/h1-8H,9-10H2,(H,17,19);1-2,4-5H,3,6-7H2;1-4H. The molecule has 0 saturated heterocycles. The van der Waals surface area contributed by atoms with Crippen molar-refractivity contribution in [2.24, 2.45) is 0 Å². The maximum absolute atomic E-state index is 12.3. The second kappa shape index (κ2) is 13.8. The minimum Gasteiger partial charge on any atom is -0.388 e. The van der Waals surface area contributed by atoms with E-state index in [1.54, 1.807) is 34.4 Å². The molecular weight excluding hydrogens is 606 g/mol. The number of rotatable bonds is 2. The molecule has 2 aliphatic rings. The normalized spacial score (nSPS) is 12.5. The summed E-state index contributed by atoms with van der Waals surface area (Å²) in [5.74, 6) is 0.561. The number of nitriles is 1. The molecule has 0 unspecified atom stereocenters. The van der Waals surface area contributed by atoms with Crippen LogP contribution in [0.4, 0.5) is 16.2 Å². The molecule has 4 aromatic carbocycles. The van der Waals surface area contributed by atoms with Crippen molar-refractivity contribution >= 4 is 49.3 Å². The van der Waals surface area contributed by atoms with E-state index >= 15 is 0 Å². The van der Waals surface area contributed by atoms with Crippen LogP contribution in [-0.4, -0.2) is 12.6 Å². The molecule has 0 aromatic heterocycles. The Hall–Kier alpha value is -3.60. The second-order valence-electron chi connectivity index (χ2n) is 8.74. The van der Waals surface area contributed by atoms with Crippen LogP contribution in [0.2, 0.25) is 0 Å². The van der Waals surface area contributed by atoms with E-state index in [0.717, 1.165) is 33.3 Å². The third-order valence-corrected chi connectivity index (χ3v) is 7.27. The Balaban J connectivity index is 0.000000148. The number of benzene rings is 4. The fraction of sp³-hybridized carbons (Fsp3) is 0.161. The zero-order chi connectivity index (χ0) is 26.7. The highest BCUT2D eigenvalue weighted by molar-refractivity contribution is 9.10. The van der Waals surface area contributed by atoms with Crippen molar-refractivity contribution in [1.29, 1.82) is 5.26 Å². The third kappa shape index (κ3) is 7.70. The Labute approximate surface area is 240 Å². The van der Waals surface area contributed by atoms with Crippen molar-refractivity contribution in [2.45, 2.75) is 25.7 Å². The Kier molecular flexibility index (Phi) is 9.97. The van der Waals surface area contributed by atoms with Crippen LogP contribution in [-0.2, 0) is 19.3 Å². The lowest BCUT2D eigenvalue weighted by molar-refractivity contribution is 0.257. The smallest absolute Gasteiger partial charge is 0.326 e. The number of amides is 2. The highest BCUT2D eigenvalue weighted by Gasteiger charge is 2.23. The van der Waals surface area contributed by atoms with E-state index in [0.29, 0.717) is 5.75 Å². The van der Waals surface area contributed by atoms with Gasteiger partial charge in [0.25, 0.3) is 6.26 Å². The number of anilines is 2. The molecule has 6 rings (SSSR count). The molecule has 1 aliphatic heterocycles. The van der Waals surface area contributed by atoms with E-state index < -0.39 is 0 Å². The number of nitrogens with one attached hydrogen (secondary N) is 1. The molecule has 2 amide bonds. The molecule has 38 heavy (non-hydrogen) atoms. The van der Waals surface area contributed by atoms with Crippen LogP contribution in [0.3, 0.4) is 0 Å². The molecule has 1 aliphatic carbocycles. The molecule has 0 bridgehead atoms. The Morgan fingerprint density at radius 2 is 1.32 bits per heavy atom. The van der Waals surface area contributed by atoms with Crippen molar-refractivity contribution < 1.29 is 9.53 Å². The number of aryl methyl sites for hydroxylation is 2. The Morgan fingerprint density at radius 1 is 0.763 bits per heavy atom. The van der Waals surface area contributed by atoms with Gasteiger partial charge in [-0.25, -0.2) is 4.79 Å². The quantitative estimate of drug-likeness (QED) is 0.225. The number of halogens is 2. The van der Waals surface area contributed by atoms with Gasteiger partial charge in [0.2, 0.25) is 0 Å². The minimum atomic E-state index is -0.0766. The van der Waals surface area contributed by atoms with Crippen molar-refractivity contribution in [1.82, 2.24) is 0 Å². The molecule has 0 atom stereocenters. The van der Waals surface area contributed by atoms with Crippen molar-refractivity contribution in [3.8, 4) is 12.0 Å². The van der Waals surface area contributed by atoms with Crippen molar-refractivity contribution in [3.05, 3.63) is 123 Å². The van der Waals surface area contributed by atoms with Crippen LogP contribution in [0.15, 0.2) is 106 Å². The fourth-order valence-corrected chi connectivity index (χ4v) is 4.87. The lowest BCUT2D eigenvalue weighted by Gasteiger charge is -2.18. The van der Waals surface area contributed by atoms with Gasteiger partial charge in [0.05, 0.1) is 0 Å². The average Bonchev–Trinajstić information content (AvgIpc) is 3.60. The van der Waals surface area contributed by atoms with Crippen LogP contribution >= 0.6 is 31.9 Å². The van der Waals surface area contributed by atoms with Crippen LogP contribution in [0.1, 0.15) is 23.1 Å². The Bertz CT molecular complexity index is 1380. The van der Waals surface area contributed by atoms with E-state index in [2.05, 4.69) is 72.2 Å². The summed E-state index contributed by atoms with van der Waals surface area (Å²) >= 11 is 6.63. The van der Waals surface area contributed by atoms with Gasteiger partial charge in [0.15, 0.2) is 0 Å². The number of carbonyl (C=O) groups is 1. The predicted molar refractivity (Wildman–Crippen MR) is 160 cm³/mol. The summed E-state index contributed by atoms with van der Waals surface area (Å²) in [6, 6.07) is 31.3. The highest BCUT2D eigenvalue weighted by atomic mass is 79.9. The zero-order valence-corrected chi connectivity index (χ0v) is 23.9. The molecule has 0 saturated carbocycles. The molecule has 4 aromatic rings. The fourth-order valence-electron chi connectivity index (χ4n) is 4.34. The summed E-state index contributed by atoms with van der Waals surface area (Å²) in [5.41, 5.74) is 6.18. The van der Waals surface area contributed by atoms with E-state index in [4.69, 9.17) is 5.26 Å². The number of ether oxygens (including phenoxy) is 1. The number of hydrogen-bond donors (Lipinski definition) is 1. The molecule has 0 spiro atoms. The van der Waals surface area contributed by atoms with Crippen molar-refractivity contribution in [3.63, 3.8) is 0 Å². The summed E-state index contributed by atoms with van der Waals surface area (Å²) in [7, 11) is 0. The van der Waals surface area contributed by atoms with Gasteiger partial charge in [-0.2, -0.15) is 0 Å². The highest BCUT2D eigenvalue weighted by Crippen LogP contribution is 2.28. The monoisotopic (exact) mass is 631 g/mol. The number of urea groups is 1. The van der Waals surface area contributed by atoms with Gasteiger partial charge < -0.3 is 10.1 Å². The van der Waals surface area contributed by atoms with Crippen LogP contribution in [0.5, 0.6) is 5.75 Å². The molecule has 1 heterocycles. The topological polar surface area (TPSA) is 65.4 Å². The van der Waals surface area contributed by atoms with Crippen LogP contribution < -0.4 is 15.0 Å². The Morgan fingerprint density at radius 3 is 1.92 bits per heavy atom. The lowest BCUT2D eigenvalue weighted by atomic mass is 10.1. The lowest BCUT2D eigenvalue weighted by Crippen LogP contribution is -2.33. The first-order valence-electron chi connectivity index (χ1n) is 12.3. The zero-order valence-electron chi connectivity index (χ0n) is 20.7. The van der Waals surface area contributed by atoms with Gasteiger partial charge in [-0.1, -0.05) is 74.3 Å². The maximum Gasteiger partial charge on any atom is 0.326 e. The molecule has 192 valence electrons. The molecule has 0 fully saturated rings. The number of carbonyl (C=O) groups excluding carboxylic acids is 1. The second-order valence-corrected chi connectivity index (χ2v) is 10.6. The SMILES string of the molecule is N#COc1ccc(Br)cc1.O=C(Nc1ccc(Br)cc1)N1CCc2ccccc21.c1ccc2c(c1)CCC2. The minimum absolute atomic E-state index is 0.0766. The van der Waals surface area contributed by atoms with Crippen molar-refractivity contribution in [2.75, 3.05) is 16.8 Å². The van der Waals surface area contributed by atoms with E-state index in [9.17, 15) is 4.79 Å². The van der Waals surface area contributed by atoms with E-state index in [1.807, 2.05) is 54.6 Å². The summed E-state index contributed by atoms with van der Waals surface area (Å²) < 4.78 is 6.51. The van der Waals surface area contributed by atoms with Gasteiger partial charge in [-0.05, 0) is 97.0 Å². The summed E-state index contributed by atoms with van der Waals surface area (Å²) in [6.45, 7) is 0.738. The number of nitrogens with zero attached hydrogens (tertiary/aromatic N) is 2. The maximum atomic E-state index is 12.3. The molecule has 5 nitrogen and oxygen atoms in total. The molecular formula is C31H27Br2N3O2. The van der Waals surface area contributed by atoms with Gasteiger partial charge in [0.1, 0.15) is 5.75 Å². The van der Waals surface area contributed by atoms with Gasteiger partial charge in [-0.3, -0.25) is 4.90 Å². The average molecular weight is 633 g/mol. The predicted octanol–water partition coefficient (Wildman–Crippen LogP) is 8.53. The summed E-state index contributed by atoms with van der Waals surface area (Å²) in [6.07, 6.45) is 6.47. The van der Waals surface area contributed by atoms with Gasteiger partial charge >= 0.3 is 6.03 Å². The largest absolute Gasteiger partial charge is 0.388 e. The number of para-hydroxylation sites is 1. The molecule has 1 N–H and O–H groups in total. The number of fused-ring (bicyclic) bond motifs is 2. The summed E-state index contributed by atoms with van der Waals surface area (Å²) in [4.78, 5) is 14.1. The number of hydrogen-bond acceptors (Lipinski definition) is 3.